The lowest BCUT2D eigenvalue weighted by Gasteiger charge is -2.16. The van der Waals surface area contributed by atoms with E-state index in [0.717, 1.165) is 12.8 Å². The van der Waals surface area contributed by atoms with Gasteiger partial charge >= 0.3 is 0 Å². The molecule has 1 N–H and O–H groups in total. The van der Waals surface area contributed by atoms with Crippen molar-refractivity contribution in [2.75, 3.05) is 17.8 Å². The number of hydrogen-bond acceptors (Lipinski definition) is 4. The molecule has 1 saturated heterocycles. The molecule has 3 aromatic rings. The van der Waals surface area contributed by atoms with Gasteiger partial charge in [-0.05, 0) is 66.9 Å². The van der Waals surface area contributed by atoms with Crippen molar-refractivity contribution < 1.29 is 21.2 Å². The average Bonchev–Trinajstić information content (AvgIpc) is 3.30. The van der Waals surface area contributed by atoms with Gasteiger partial charge in [0.05, 0.1) is 20.5 Å². The Morgan fingerprint density at radius 2 is 1.53 bits per heavy atom. The minimum Gasteiger partial charge on any atom is -0.280 e. The van der Waals surface area contributed by atoms with Crippen LogP contribution in [0.3, 0.4) is 0 Å². The fourth-order valence-corrected chi connectivity index (χ4v) is 6.44. The van der Waals surface area contributed by atoms with Crippen LogP contribution in [0, 0.1) is 5.82 Å². The van der Waals surface area contributed by atoms with Gasteiger partial charge in [-0.3, -0.25) is 4.72 Å². The van der Waals surface area contributed by atoms with Crippen LogP contribution in [-0.4, -0.2) is 34.2 Å². The number of nitrogens with one attached hydrogen (secondary N) is 1. The van der Waals surface area contributed by atoms with E-state index in [9.17, 15) is 21.2 Å². The highest BCUT2D eigenvalue weighted by atomic mass is 35.5. The monoisotopic (exact) mass is 494 g/mol. The van der Waals surface area contributed by atoms with Crippen LogP contribution < -0.4 is 4.72 Å². The SMILES string of the molecule is O=S(=O)(Nc1cccc(S(=O)(=O)N2CCCC2)c1)c1ccc(-c2ccc(F)cc2Cl)cc1. The summed E-state index contributed by atoms with van der Waals surface area (Å²) in [5.74, 6) is -0.462. The Hall–Kier alpha value is -2.46. The van der Waals surface area contributed by atoms with Crippen molar-refractivity contribution >= 4 is 37.3 Å². The van der Waals surface area contributed by atoms with Crippen LogP contribution in [-0.2, 0) is 20.0 Å². The van der Waals surface area contributed by atoms with E-state index < -0.39 is 25.9 Å². The van der Waals surface area contributed by atoms with Crippen molar-refractivity contribution in [2.24, 2.45) is 0 Å². The lowest BCUT2D eigenvalue weighted by molar-refractivity contribution is 0.477. The number of nitrogens with zero attached hydrogens (tertiary/aromatic N) is 1. The Morgan fingerprint density at radius 1 is 0.844 bits per heavy atom. The van der Waals surface area contributed by atoms with Crippen LogP contribution >= 0.6 is 11.6 Å². The molecule has 0 atom stereocenters. The zero-order valence-corrected chi connectivity index (χ0v) is 19.2. The van der Waals surface area contributed by atoms with Crippen LogP contribution in [0.5, 0.6) is 0 Å². The highest BCUT2D eigenvalue weighted by Gasteiger charge is 2.27. The molecule has 0 amide bonds. The lowest BCUT2D eigenvalue weighted by atomic mass is 10.1. The summed E-state index contributed by atoms with van der Waals surface area (Å²) in [5, 5.41) is 0.217. The molecule has 1 fully saturated rings. The summed E-state index contributed by atoms with van der Waals surface area (Å²) >= 11 is 6.08. The number of hydrogen-bond donors (Lipinski definition) is 1. The second-order valence-electron chi connectivity index (χ2n) is 7.39. The molecule has 0 spiro atoms. The normalized spacial score (nSPS) is 15.1. The Bertz CT molecular complexity index is 1350. The van der Waals surface area contributed by atoms with E-state index in [1.54, 1.807) is 12.1 Å². The zero-order chi connectivity index (χ0) is 22.9. The summed E-state index contributed by atoms with van der Waals surface area (Å²) in [6.45, 7) is 0.922. The standard InChI is InChI=1S/C22H20ClFN2O4S2/c23-22-14-17(24)8-11-21(22)16-6-9-19(10-7-16)31(27,28)25-18-4-3-5-20(15-18)32(29,30)26-12-1-2-13-26/h3-11,14-15,25H,1-2,12-13H2. The van der Waals surface area contributed by atoms with Crippen LogP contribution in [0.4, 0.5) is 10.1 Å². The van der Waals surface area contributed by atoms with E-state index in [2.05, 4.69) is 4.72 Å². The first kappa shape index (κ1) is 22.7. The summed E-state index contributed by atoms with van der Waals surface area (Å²) in [6.07, 6.45) is 1.62. The molecular weight excluding hydrogens is 475 g/mol. The summed E-state index contributed by atoms with van der Waals surface area (Å²) in [7, 11) is -7.63. The molecule has 3 aromatic carbocycles. The highest BCUT2D eigenvalue weighted by Crippen LogP contribution is 2.30. The Balaban J connectivity index is 1.57. The molecule has 10 heteroatoms. The molecule has 1 aliphatic rings. The molecule has 6 nitrogen and oxygen atoms in total. The second-order valence-corrected chi connectivity index (χ2v) is 11.4. The van der Waals surface area contributed by atoms with Crippen molar-refractivity contribution in [3.63, 3.8) is 0 Å². The van der Waals surface area contributed by atoms with Gasteiger partial charge in [0, 0.05) is 18.7 Å². The number of anilines is 1. The number of benzene rings is 3. The molecule has 1 heterocycles. The van der Waals surface area contributed by atoms with E-state index in [1.807, 2.05) is 0 Å². The molecule has 0 aromatic heterocycles. The van der Waals surface area contributed by atoms with Gasteiger partial charge in [0.2, 0.25) is 10.0 Å². The van der Waals surface area contributed by atoms with Gasteiger partial charge in [0.1, 0.15) is 5.82 Å². The van der Waals surface area contributed by atoms with Gasteiger partial charge in [-0.25, -0.2) is 21.2 Å². The maximum atomic E-state index is 13.3. The van der Waals surface area contributed by atoms with Gasteiger partial charge in [-0.1, -0.05) is 29.8 Å². The van der Waals surface area contributed by atoms with Crippen molar-refractivity contribution in [1.82, 2.24) is 4.31 Å². The molecule has 168 valence electrons. The highest BCUT2D eigenvalue weighted by molar-refractivity contribution is 7.92. The van der Waals surface area contributed by atoms with Crippen molar-refractivity contribution in [3.8, 4) is 11.1 Å². The Morgan fingerprint density at radius 3 is 2.19 bits per heavy atom. The molecular formula is C22H20ClFN2O4S2. The molecule has 0 bridgehead atoms. The topological polar surface area (TPSA) is 83.5 Å². The molecule has 1 aliphatic heterocycles. The third-order valence-corrected chi connectivity index (χ3v) is 8.80. The van der Waals surface area contributed by atoms with Crippen molar-refractivity contribution in [3.05, 3.63) is 77.6 Å². The fraction of sp³-hybridized carbons (Fsp3) is 0.182. The lowest BCUT2D eigenvalue weighted by Crippen LogP contribution is -2.27. The Kier molecular flexibility index (Phi) is 6.26. The van der Waals surface area contributed by atoms with Crippen LogP contribution in [0.25, 0.3) is 11.1 Å². The summed E-state index contributed by atoms with van der Waals surface area (Å²) < 4.78 is 68.3. The van der Waals surface area contributed by atoms with E-state index >= 15 is 0 Å². The fourth-order valence-electron chi connectivity index (χ4n) is 3.55. The van der Waals surface area contributed by atoms with E-state index in [0.29, 0.717) is 24.2 Å². The van der Waals surface area contributed by atoms with Crippen molar-refractivity contribution in [2.45, 2.75) is 22.6 Å². The molecule has 4 rings (SSSR count). The minimum atomic E-state index is -3.96. The summed E-state index contributed by atoms with van der Waals surface area (Å²) in [5.41, 5.74) is 1.35. The smallest absolute Gasteiger partial charge is 0.261 e. The Labute approximate surface area is 191 Å². The first-order chi connectivity index (χ1) is 15.2. The largest absolute Gasteiger partial charge is 0.280 e. The maximum absolute atomic E-state index is 13.3. The van der Waals surface area contributed by atoms with Gasteiger partial charge < -0.3 is 0 Å². The van der Waals surface area contributed by atoms with Crippen LogP contribution in [0.1, 0.15) is 12.8 Å². The predicted molar refractivity (Wildman–Crippen MR) is 122 cm³/mol. The first-order valence-electron chi connectivity index (χ1n) is 9.85. The molecule has 32 heavy (non-hydrogen) atoms. The molecule has 0 radical (unpaired) electrons. The van der Waals surface area contributed by atoms with E-state index in [-0.39, 0.29) is 20.5 Å². The maximum Gasteiger partial charge on any atom is 0.261 e. The summed E-state index contributed by atoms with van der Waals surface area (Å²) in [6, 6.07) is 15.7. The predicted octanol–water partition coefficient (Wildman–Crippen LogP) is 4.73. The summed E-state index contributed by atoms with van der Waals surface area (Å²) in [4.78, 5) is 0.0354. The number of halogens is 2. The molecule has 0 aliphatic carbocycles. The van der Waals surface area contributed by atoms with E-state index in [4.69, 9.17) is 11.6 Å². The second kappa shape index (κ2) is 8.82. The number of rotatable bonds is 6. The van der Waals surface area contributed by atoms with Gasteiger partial charge in [0.15, 0.2) is 0 Å². The first-order valence-corrected chi connectivity index (χ1v) is 13.2. The zero-order valence-electron chi connectivity index (χ0n) is 16.8. The third-order valence-electron chi connectivity index (χ3n) is 5.20. The molecule has 0 unspecified atom stereocenters. The van der Waals surface area contributed by atoms with Crippen LogP contribution in [0.15, 0.2) is 76.5 Å². The average molecular weight is 495 g/mol. The minimum absolute atomic E-state index is 0.00714. The van der Waals surface area contributed by atoms with E-state index in [1.165, 1.54) is 58.9 Å². The van der Waals surface area contributed by atoms with Gasteiger partial charge in [0.25, 0.3) is 10.0 Å². The van der Waals surface area contributed by atoms with Gasteiger partial charge in [-0.2, -0.15) is 4.31 Å². The number of sulfonamides is 2. The third kappa shape index (κ3) is 4.66. The quantitative estimate of drug-likeness (QED) is 0.537. The van der Waals surface area contributed by atoms with Crippen LogP contribution in [0.2, 0.25) is 5.02 Å². The molecule has 0 saturated carbocycles. The van der Waals surface area contributed by atoms with Crippen molar-refractivity contribution in [1.29, 1.82) is 0 Å². The van der Waals surface area contributed by atoms with Gasteiger partial charge in [-0.15, -0.1) is 0 Å².